The fourth-order valence-electron chi connectivity index (χ4n) is 2.41. The Morgan fingerprint density at radius 3 is 2.67 bits per heavy atom. The van der Waals surface area contributed by atoms with Crippen molar-refractivity contribution >= 4 is 5.97 Å². The van der Waals surface area contributed by atoms with Crippen LogP contribution in [-0.2, 0) is 9.53 Å². The van der Waals surface area contributed by atoms with E-state index in [1.54, 1.807) is 0 Å². The highest BCUT2D eigenvalue weighted by Gasteiger charge is 2.46. The van der Waals surface area contributed by atoms with Crippen LogP contribution >= 0.6 is 0 Å². The monoisotopic (exact) mass is 214 g/mol. The van der Waals surface area contributed by atoms with Gasteiger partial charge in [-0.25, -0.2) is 0 Å². The van der Waals surface area contributed by atoms with Crippen LogP contribution in [0.1, 0.15) is 26.2 Å². The van der Waals surface area contributed by atoms with Crippen molar-refractivity contribution in [2.45, 2.75) is 37.8 Å². The summed E-state index contributed by atoms with van der Waals surface area (Å²) in [5.74, 6) is -0.117. The topological polar surface area (TPSA) is 41.6 Å². The maximum atomic E-state index is 11.8. The van der Waals surface area contributed by atoms with Crippen LogP contribution in [-0.4, -0.2) is 50.2 Å². The van der Waals surface area contributed by atoms with Crippen molar-refractivity contribution in [1.29, 1.82) is 0 Å². The minimum Gasteiger partial charge on any atom is -0.468 e. The van der Waals surface area contributed by atoms with Crippen molar-refractivity contribution in [2.24, 2.45) is 0 Å². The van der Waals surface area contributed by atoms with E-state index < -0.39 is 5.54 Å². The summed E-state index contributed by atoms with van der Waals surface area (Å²) in [4.78, 5) is 14.0. The molecule has 0 radical (unpaired) electrons. The number of nitrogens with one attached hydrogen (secondary N) is 1. The largest absolute Gasteiger partial charge is 0.468 e. The van der Waals surface area contributed by atoms with Crippen molar-refractivity contribution < 1.29 is 9.53 Å². The molecule has 88 valence electrons. The van der Waals surface area contributed by atoms with Crippen LogP contribution in [0, 0.1) is 0 Å². The van der Waals surface area contributed by atoms with Gasteiger partial charge in [0.25, 0.3) is 0 Å². The summed E-state index contributed by atoms with van der Waals surface area (Å²) in [5.41, 5.74) is -0.446. The van der Waals surface area contributed by atoms with Gasteiger partial charge in [-0.05, 0) is 39.9 Å². The summed E-state index contributed by atoms with van der Waals surface area (Å²) in [7, 11) is 5.58. The molecule has 1 N–H and O–H groups in total. The fraction of sp³-hybridized carbons (Fsp3) is 0.909. The molecule has 15 heavy (non-hydrogen) atoms. The van der Waals surface area contributed by atoms with E-state index in [0.29, 0.717) is 6.04 Å². The first-order chi connectivity index (χ1) is 7.05. The molecule has 4 heteroatoms. The zero-order valence-electron chi connectivity index (χ0n) is 10.2. The van der Waals surface area contributed by atoms with Gasteiger partial charge in [0.15, 0.2) is 0 Å². The van der Waals surface area contributed by atoms with E-state index in [4.69, 9.17) is 4.74 Å². The van der Waals surface area contributed by atoms with E-state index in [1.807, 2.05) is 6.92 Å². The molecule has 1 aliphatic carbocycles. The number of ether oxygens (including phenoxy) is 1. The number of methoxy groups -OCH3 is 1. The molecule has 1 aliphatic rings. The van der Waals surface area contributed by atoms with Gasteiger partial charge in [0, 0.05) is 6.04 Å². The summed E-state index contributed by atoms with van der Waals surface area (Å²) < 4.78 is 4.90. The first-order valence-electron chi connectivity index (χ1n) is 5.55. The Morgan fingerprint density at radius 1 is 1.60 bits per heavy atom. The normalized spacial score (nSPS) is 30.9. The molecule has 0 heterocycles. The summed E-state index contributed by atoms with van der Waals surface area (Å²) >= 11 is 0. The van der Waals surface area contributed by atoms with Crippen LogP contribution in [0.5, 0.6) is 0 Å². The van der Waals surface area contributed by atoms with Gasteiger partial charge >= 0.3 is 5.97 Å². The van der Waals surface area contributed by atoms with Crippen molar-refractivity contribution in [3.05, 3.63) is 0 Å². The van der Waals surface area contributed by atoms with Crippen molar-refractivity contribution in [2.75, 3.05) is 27.7 Å². The quantitative estimate of drug-likeness (QED) is 0.697. The van der Waals surface area contributed by atoms with Gasteiger partial charge in [0.05, 0.1) is 7.11 Å². The van der Waals surface area contributed by atoms with E-state index in [-0.39, 0.29) is 5.97 Å². The third kappa shape index (κ3) is 2.49. The van der Waals surface area contributed by atoms with Crippen molar-refractivity contribution in [3.8, 4) is 0 Å². The van der Waals surface area contributed by atoms with Crippen LogP contribution in [0.4, 0.5) is 0 Å². The molecule has 1 saturated carbocycles. The molecule has 0 amide bonds. The van der Waals surface area contributed by atoms with E-state index in [0.717, 1.165) is 25.8 Å². The van der Waals surface area contributed by atoms with Crippen LogP contribution in [0.15, 0.2) is 0 Å². The average Bonchev–Trinajstić information content (AvgIpc) is 2.63. The third-order valence-electron chi connectivity index (χ3n) is 3.31. The van der Waals surface area contributed by atoms with E-state index in [1.165, 1.54) is 7.11 Å². The molecule has 0 aromatic heterocycles. The Labute approximate surface area is 92.0 Å². The molecule has 2 atom stereocenters. The molecule has 0 aliphatic heterocycles. The van der Waals surface area contributed by atoms with E-state index >= 15 is 0 Å². The maximum Gasteiger partial charge on any atom is 0.326 e. The van der Waals surface area contributed by atoms with Gasteiger partial charge in [0.1, 0.15) is 5.54 Å². The zero-order chi connectivity index (χ0) is 11.5. The van der Waals surface area contributed by atoms with Gasteiger partial charge in [-0.2, -0.15) is 0 Å². The van der Waals surface area contributed by atoms with Gasteiger partial charge in [-0.15, -0.1) is 0 Å². The molecule has 0 aromatic carbocycles. The number of nitrogens with zero attached hydrogens (tertiary/aromatic N) is 1. The van der Waals surface area contributed by atoms with Crippen molar-refractivity contribution in [1.82, 2.24) is 10.2 Å². The van der Waals surface area contributed by atoms with E-state index in [2.05, 4.69) is 24.3 Å². The molecule has 0 bridgehead atoms. The Kier molecular flexibility index (Phi) is 4.11. The Balaban J connectivity index is 2.73. The third-order valence-corrected chi connectivity index (χ3v) is 3.31. The minimum atomic E-state index is -0.446. The summed E-state index contributed by atoms with van der Waals surface area (Å²) in [6.45, 7) is 2.82. The number of esters is 1. The van der Waals surface area contributed by atoms with Crippen LogP contribution < -0.4 is 5.32 Å². The SMILES string of the molecule is CCNC1(C(=O)OC)CCC(N(C)C)C1. The Morgan fingerprint density at radius 2 is 2.27 bits per heavy atom. The zero-order valence-corrected chi connectivity index (χ0v) is 10.2. The molecule has 1 rings (SSSR count). The first-order valence-corrected chi connectivity index (χ1v) is 5.55. The second kappa shape index (κ2) is 4.94. The second-order valence-electron chi connectivity index (χ2n) is 4.46. The average molecular weight is 214 g/mol. The molecule has 0 aromatic rings. The van der Waals surface area contributed by atoms with Crippen molar-refractivity contribution in [3.63, 3.8) is 0 Å². The lowest BCUT2D eigenvalue weighted by molar-refractivity contribution is -0.148. The number of hydrogen-bond acceptors (Lipinski definition) is 4. The lowest BCUT2D eigenvalue weighted by Crippen LogP contribution is -2.51. The number of likely N-dealkylation sites (N-methyl/N-ethyl adjacent to an activating group) is 1. The highest BCUT2D eigenvalue weighted by Crippen LogP contribution is 2.33. The fourth-order valence-corrected chi connectivity index (χ4v) is 2.41. The number of hydrogen-bond donors (Lipinski definition) is 1. The molecular weight excluding hydrogens is 192 g/mol. The van der Waals surface area contributed by atoms with Gasteiger partial charge < -0.3 is 15.0 Å². The standard InChI is InChI=1S/C11H22N2O2/c1-5-12-11(10(14)15-4)7-6-9(8-11)13(2)3/h9,12H,5-8H2,1-4H3. The molecule has 4 nitrogen and oxygen atoms in total. The molecule has 1 fully saturated rings. The Hall–Kier alpha value is -0.610. The lowest BCUT2D eigenvalue weighted by atomic mass is 9.97. The van der Waals surface area contributed by atoms with Crippen LogP contribution in [0.2, 0.25) is 0 Å². The summed E-state index contributed by atoms with van der Waals surface area (Å²) in [6, 6.07) is 0.475. The highest BCUT2D eigenvalue weighted by atomic mass is 16.5. The van der Waals surface area contributed by atoms with E-state index in [9.17, 15) is 4.79 Å². The lowest BCUT2D eigenvalue weighted by Gasteiger charge is -2.28. The number of rotatable bonds is 4. The molecule has 0 spiro atoms. The molecule has 0 saturated heterocycles. The van der Waals surface area contributed by atoms with Gasteiger partial charge in [-0.3, -0.25) is 4.79 Å². The minimum absolute atomic E-state index is 0.117. The molecular formula is C11H22N2O2. The summed E-state index contributed by atoms with van der Waals surface area (Å²) in [6.07, 6.45) is 2.77. The van der Waals surface area contributed by atoms with Crippen LogP contribution in [0.25, 0.3) is 0 Å². The molecule has 2 unspecified atom stereocenters. The number of carbonyl (C=O) groups is 1. The van der Waals surface area contributed by atoms with Crippen LogP contribution in [0.3, 0.4) is 0 Å². The van der Waals surface area contributed by atoms with Gasteiger partial charge in [0.2, 0.25) is 0 Å². The highest BCUT2D eigenvalue weighted by molar-refractivity contribution is 5.81. The first kappa shape index (κ1) is 12.5. The predicted octanol–water partition coefficient (Wildman–Crippen LogP) is 0.622. The maximum absolute atomic E-state index is 11.8. The smallest absolute Gasteiger partial charge is 0.326 e. The van der Waals surface area contributed by atoms with Gasteiger partial charge in [-0.1, -0.05) is 6.92 Å². The number of carbonyl (C=O) groups excluding carboxylic acids is 1. The Bertz CT molecular complexity index is 231. The second-order valence-corrected chi connectivity index (χ2v) is 4.46. The predicted molar refractivity (Wildman–Crippen MR) is 59.7 cm³/mol. The summed E-state index contributed by atoms with van der Waals surface area (Å²) in [5, 5.41) is 3.29.